The Morgan fingerprint density at radius 1 is 1.15 bits per heavy atom. The number of nitrogens with zero attached hydrogens (tertiary/aromatic N) is 2. The van der Waals surface area contributed by atoms with Gasteiger partial charge in [-0.3, -0.25) is 19.5 Å². The van der Waals surface area contributed by atoms with Crippen molar-refractivity contribution in [2.45, 2.75) is 62.9 Å². The number of morpholine rings is 1. The number of amides is 2. The molecule has 7 heteroatoms. The zero-order chi connectivity index (χ0) is 23.3. The summed E-state index contributed by atoms with van der Waals surface area (Å²) < 4.78 is 5.51. The molecule has 2 amide bonds. The maximum Gasteiger partial charge on any atom is 0.251 e. The number of benzene rings is 1. The van der Waals surface area contributed by atoms with E-state index >= 15 is 0 Å². The molecule has 1 aromatic carbocycles. The summed E-state index contributed by atoms with van der Waals surface area (Å²) >= 11 is 0. The summed E-state index contributed by atoms with van der Waals surface area (Å²) in [4.78, 5) is 33.2. The van der Waals surface area contributed by atoms with E-state index in [1.54, 1.807) is 0 Å². The van der Waals surface area contributed by atoms with Crippen LogP contribution in [-0.2, 0) is 14.9 Å². The number of aromatic nitrogens is 1. The molecule has 3 heterocycles. The Labute approximate surface area is 200 Å². The number of pyridine rings is 1. The summed E-state index contributed by atoms with van der Waals surface area (Å²) in [5, 5.41) is 6.20. The first-order valence-electron chi connectivity index (χ1n) is 12.6. The number of carbonyl (C=O) groups excluding carboxylic acids is 2. The summed E-state index contributed by atoms with van der Waals surface area (Å²) in [7, 11) is 0. The van der Waals surface area contributed by atoms with Gasteiger partial charge in [0.25, 0.3) is 5.91 Å². The van der Waals surface area contributed by atoms with Gasteiger partial charge in [-0.2, -0.15) is 0 Å². The van der Waals surface area contributed by atoms with Crippen LogP contribution in [-0.4, -0.2) is 60.1 Å². The molecule has 2 aromatic rings. The van der Waals surface area contributed by atoms with Crippen LogP contribution in [0.3, 0.4) is 0 Å². The van der Waals surface area contributed by atoms with Crippen molar-refractivity contribution in [1.29, 1.82) is 0 Å². The van der Waals surface area contributed by atoms with Crippen molar-refractivity contribution < 1.29 is 14.3 Å². The molecular weight excluding hydrogens is 428 g/mol. The van der Waals surface area contributed by atoms with Gasteiger partial charge in [0.05, 0.1) is 30.0 Å². The highest BCUT2D eigenvalue weighted by molar-refractivity contribution is 6.06. The van der Waals surface area contributed by atoms with E-state index in [1.165, 1.54) is 0 Å². The number of hydrogen-bond acceptors (Lipinski definition) is 5. The van der Waals surface area contributed by atoms with Crippen LogP contribution in [0, 0.1) is 6.92 Å². The van der Waals surface area contributed by atoms with E-state index in [9.17, 15) is 9.59 Å². The minimum Gasteiger partial charge on any atom is -0.379 e. The summed E-state index contributed by atoms with van der Waals surface area (Å²) in [6, 6.07) is 8.68. The van der Waals surface area contributed by atoms with Crippen molar-refractivity contribution in [2.24, 2.45) is 0 Å². The largest absolute Gasteiger partial charge is 0.379 e. The van der Waals surface area contributed by atoms with Crippen LogP contribution in [0.1, 0.15) is 60.1 Å². The molecule has 6 rings (SSSR count). The van der Waals surface area contributed by atoms with Crippen LogP contribution in [0.4, 0.5) is 5.69 Å². The van der Waals surface area contributed by atoms with Gasteiger partial charge in [0.2, 0.25) is 5.91 Å². The lowest BCUT2D eigenvalue weighted by atomic mass is 9.70. The van der Waals surface area contributed by atoms with Crippen molar-refractivity contribution in [3.05, 3.63) is 47.3 Å². The van der Waals surface area contributed by atoms with Crippen LogP contribution in [0.15, 0.2) is 30.5 Å². The first kappa shape index (κ1) is 21.7. The number of anilines is 1. The molecule has 1 saturated heterocycles. The lowest BCUT2D eigenvalue weighted by molar-refractivity contribution is -0.122. The summed E-state index contributed by atoms with van der Waals surface area (Å²) in [5.41, 5.74) is 4.84. The third kappa shape index (κ3) is 3.81. The second kappa shape index (κ2) is 8.47. The number of aryl methyl sites for hydroxylation is 1. The second-order valence-corrected chi connectivity index (χ2v) is 10.3. The quantitative estimate of drug-likeness (QED) is 0.731. The predicted octanol–water partition coefficient (Wildman–Crippen LogP) is 3.41. The Hall–Kier alpha value is -2.77. The van der Waals surface area contributed by atoms with Gasteiger partial charge in [-0.25, -0.2) is 0 Å². The molecule has 1 aromatic heterocycles. The number of nitrogens with one attached hydrogen (secondary N) is 2. The molecule has 2 aliphatic heterocycles. The molecule has 1 spiro atoms. The monoisotopic (exact) mass is 460 g/mol. The van der Waals surface area contributed by atoms with E-state index in [1.807, 2.05) is 37.4 Å². The highest BCUT2D eigenvalue weighted by atomic mass is 16.5. The van der Waals surface area contributed by atoms with Gasteiger partial charge >= 0.3 is 0 Å². The minimum absolute atomic E-state index is 0.0258. The molecule has 2 aliphatic carbocycles. The summed E-state index contributed by atoms with van der Waals surface area (Å²) in [6.45, 7) is 5.62. The highest BCUT2D eigenvalue weighted by Crippen LogP contribution is 2.48. The minimum atomic E-state index is -0.516. The Kier molecular flexibility index (Phi) is 5.41. The molecule has 0 radical (unpaired) electrons. The fourth-order valence-corrected chi connectivity index (χ4v) is 5.88. The van der Waals surface area contributed by atoms with E-state index < -0.39 is 5.41 Å². The molecule has 2 saturated carbocycles. The zero-order valence-electron chi connectivity index (χ0n) is 19.7. The van der Waals surface area contributed by atoms with Crippen molar-refractivity contribution in [2.75, 3.05) is 31.6 Å². The zero-order valence-corrected chi connectivity index (χ0v) is 19.7. The summed E-state index contributed by atoms with van der Waals surface area (Å²) in [6.07, 6.45) is 7.68. The van der Waals surface area contributed by atoms with E-state index in [4.69, 9.17) is 9.72 Å². The average Bonchev–Trinajstić information content (AvgIpc) is 3.64. The van der Waals surface area contributed by atoms with Gasteiger partial charge in [0.15, 0.2) is 0 Å². The Morgan fingerprint density at radius 2 is 1.91 bits per heavy atom. The standard InChI is InChI=1S/C27H32N4O3/c1-17-2-3-18(25(32)29-20-4-5-20)14-22(17)19-15-23-24(28-16-19)27(26(33)30-23)8-6-21(7-9-27)31-10-12-34-13-11-31/h2-3,14-16,20-21H,4-13H2,1H3,(H,29,32)(H,30,33). The highest BCUT2D eigenvalue weighted by Gasteiger charge is 2.50. The molecule has 7 nitrogen and oxygen atoms in total. The van der Waals surface area contributed by atoms with E-state index in [0.29, 0.717) is 17.6 Å². The maximum atomic E-state index is 13.2. The van der Waals surface area contributed by atoms with Crippen LogP contribution in [0.25, 0.3) is 11.1 Å². The molecule has 178 valence electrons. The summed E-state index contributed by atoms with van der Waals surface area (Å²) in [5.74, 6) is 0.0593. The van der Waals surface area contributed by atoms with Crippen molar-refractivity contribution in [3.63, 3.8) is 0 Å². The Morgan fingerprint density at radius 3 is 2.65 bits per heavy atom. The molecule has 0 bridgehead atoms. The first-order valence-corrected chi connectivity index (χ1v) is 12.6. The van der Waals surface area contributed by atoms with E-state index in [2.05, 4.69) is 15.5 Å². The molecule has 0 unspecified atom stereocenters. The molecule has 34 heavy (non-hydrogen) atoms. The van der Waals surface area contributed by atoms with Gasteiger partial charge in [0.1, 0.15) is 0 Å². The van der Waals surface area contributed by atoms with Crippen LogP contribution in [0.5, 0.6) is 0 Å². The fraction of sp³-hybridized carbons (Fsp3) is 0.519. The third-order valence-corrected chi connectivity index (χ3v) is 8.12. The molecule has 0 atom stereocenters. The lowest BCUT2D eigenvalue weighted by Crippen LogP contribution is -2.48. The van der Waals surface area contributed by atoms with E-state index in [0.717, 1.165) is 92.9 Å². The van der Waals surface area contributed by atoms with Gasteiger partial charge in [-0.15, -0.1) is 0 Å². The van der Waals surface area contributed by atoms with Gasteiger partial charge in [-0.1, -0.05) is 6.07 Å². The van der Waals surface area contributed by atoms with Gasteiger partial charge in [-0.05, 0) is 74.8 Å². The van der Waals surface area contributed by atoms with E-state index in [-0.39, 0.29) is 11.8 Å². The van der Waals surface area contributed by atoms with Crippen molar-refractivity contribution >= 4 is 17.5 Å². The SMILES string of the molecule is Cc1ccc(C(=O)NC2CC2)cc1-c1cnc2c(c1)NC(=O)C21CCC(N2CCOCC2)CC1. The topological polar surface area (TPSA) is 83.6 Å². The number of hydrogen-bond donors (Lipinski definition) is 2. The van der Waals surface area contributed by atoms with Crippen LogP contribution < -0.4 is 10.6 Å². The first-order chi connectivity index (χ1) is 16.5. The molecule has 2 N–H and O–H groups in total. The van der Waals surface area contributed by atoms with Crippen LogP contribution in [0.2, 0.25) is 0 Å². The molecule has 4 aliphatic rings. The predicted molar refractivity (Wildman–Crippen MR) is 130 cm³/mol. The maximum absolute atomic E-state index is 13.2. The third-order valence-electron chi connectivity index (χ3n) is 8.12. The Balaban J connectivity index is 1.24. The lowest BCUT2D eigenvalue weighted by Gasteiger charge is -2.41. The number of carbonyl (C=O) groups is 2. The normalized spacial score (nSPS) is 26.9. The number of ether oxygens (including phenoxy) is 1. The molecular formula is C27H32N4O3. The Bertz CT molecular complexity index is 1130. The van der Waals surface area contributed by atoms with Crippen molar-refractivity contribution in [3.8, 4) is 11.1 Å². The average molecular weight is 461 g/mol. The van der Waals surface area contributed by atoms with Gasteiger partial charge in [0, 0.05) is 42.5 Å². The second-order valence-electron chi connectivity index (χ2n) is 10.3. The molecule has 3 fully saturated rings. The number of fused-ring (bicyclic) bond motifs is 2. The van der Waals surface area contributed by atoms with Gasteiger partial charge < -0.3 is 15.4 Å². The smallest absolute Gasteiger partial charge is 0.251 e. The fourth-order valence-electron chi connectivity index (χ4n) is 5.88. The number of rotatable bonds is 4. The van der Waals surface area contributed by atoms with Crippen LogP contribution >= 0.6 is 0 Å². The van der Waals surface area contributed by atoms with Crippen molar-refractivity contribution in [1.82, 2.24) is 15.2 Å².